The van der Waals surface area contributed by atoms with Crippen LogP contribution in [0.5, 0.6) is 0 Å². The fourth-order valence-electron chi connectivity index (χ4n) is 10.7. The van der Waals surface area contributed by atoms with Gasteiger partial charge in [0.1, 0.15) is 0 Å². The number of rotatable bonds is 8. The van der Waals surface area contributed by atoms with Crippen molar-refractivity contribution in [1.29, 1.82) is 0 Å². The summed E-state index contributed by atoms with van der Waals surface area (Å²) >= 11 is 0. The van der Waals surface area contributed by atoms with Gasteiger partial charge in [0.25, 0.3) is 0 Å². The molecule has 0 aromatic heterocycles. The highest BCUT2D eigenvalue weighted by Gasteiger charge is 2.49. The van der Waals surface area contributed by atoms with E-state index >= 15 is 0 Å². The molecule has 11 aromatic rings. The van der Waals surface area contributed by atoms with Crippen molar-refractivity contribution in [1.82, 2.24) is 0 Å². The van der Waals surface area contributed by atoms with Crippen molar-refractivity contribution < 1.29 is 0 Å². The van der Waals surface area contributed by atoms with Crippen LogP contribution in [0.15, 0.2) is 243 Å². The molecular formula is C63H46N2. The van der Waals surface area contributed by atoms with Crippen LogP contribution in [0.2, 0.25) is 0 Å². The highest BCUT2D eigenvalue weighted by atomic mass is 15.1. The predicted molar refractivity (Wildman–Crippen MR) is 275 cm³/mol. The molecule has 0 bridgehead atoms. The number of para-hydroxylation sites is 2. The average Bonchev–Trinajstić information content (AvgIpc) is 3.69. The van der Waals surface area contributed by atoms with E-state index in [-0.39, 0.29) is 0 Å². The van der Waals surface area contributed by atoms with E-state index in [1.54, 1.807) is 0 Å². The zero-order valence-corrected chi connectivity index (χ0v) is 36.5. The van der Waals surface area contributed by atoms with Gasteiger partial charge in [0.05, 0.1) is 5.41 Å². The number of benzene rings is 11. The summed E-state index contributed by atoms with van der Waals surface area (Å²) in [5.41, 5.74) is 16.3. The van der Waals surface area contributed by atoms with E-state index in [0.717, 1.165) is 34.1 Å². The lowest BCUT2D eigenvalue weighted by molar-refractivity contribution is 0.783. The maximum atomic E-state index is 2.43. The summed E-state index contributed by atoms with van der Waals surface area (Å²) < 4.78 is 0. The summed E-state index contributed by atoms with van der Waals surface area (Å²) in [4.78, 5) is 4.76. The van der Waals surface area contributed by atoms with Gasteiger partial charge in [0, 0.05) is 34.1 Å². The second kappa shape index (κ2) is 15.6. The molecule has 0 fully saturated rings. The van der Waals surface area contributed by atoms with E-state index in [1.165, 1.54) is 76.8 Å². The summed E-state index contributed by atoms with van der Waals surface area (Å²) in [7, 11) is 0. The van der Waals surface area contributed by atoms with Crippen LogP contribution >= 0.6 is 0 Å². The minimum Gasteiger partial charge on any atom is -0.310 e. The third-order valence-electron chi connectivity index (χ3n) is 13.6. The van der Waals surface area contributed by atoms with Gasteiger partial charge in [-0.3, -0.25) is 0 Å². The maximum Gasteiger partial charge on any atom is 0.0725 e. The van der Waals surface area contributed by atoms with Crippen LogP contribution in [0.25, 0.3) is 43.4 Å². The average molecular weight is 831 g/mol. The first-order valence-electron chi connectivity index (χ1n) is 22.6. The summed E-state index contributed by atoms with van der Waals surface area (Å²) in [6.07, 6.45) is 0. The zero-order chi connectivity index (χ0) is 43.5. The molecule has 65 heavy (non-hydrogen) atoms. The van der Waals surface area contributed by atoms with Crippen LogP contribution in [-0.4, -0.2) is 0 Å². The second-order valence-corrected chi connectivity index (χ2v) is 17.4. The molecule has 0 amide bonds. The zero-order valence-electron chi connectivity index (χ0n) is 36.5. The first kappa shape index (κ1) is 38.5. The minimum atomic E-state index is -0.649. The van der Waals surface area contributed by atoms with Crippen LogP contribution in [0.3, 0.4) is 0 Å². The normalized spacial score (nSPS) is 12.6. The third kappa shape index (κ3) is 6.17. The van der Waals surface area contributed by atoms with Crippen molar-refractivity contribution in [3.05, 3.63) is 276 Å². The number of aryl methyl sites for hydroxylation is 2. The molecule has 308 valence electrons. The van der Waals surface area contributed by atoms with Gasteiger partial charge in [-0.05, 0) is 152 Å². The topological polar surface area (TPSA) is 6.48 Å². The van der Waals surface area contributed by atoms with Gasteiger partial charge in [-0.15, -0.1) is 0 Å². The molecule has 0 heterocycles. The maximum absolute atomic E-state index is 2.43. The molecule has 1 aliphatic rings. The van der Waals surface area contributed by atoms with E-state index in [2.05, 4.69) is 266 Å². The fraction of sp³-hybridized carbons (Fsp3) is 0.0476. The monoisotopic (exact) mass is 830 g/mol. The van der Waals surface area contributed by atoms with Gasteiger partial charge in [-0.2, -0.15) is 0 Å². The number of fused-ring (bicyclic) bond motifs is 10. The summed E-state index contributed by atoms with van der Waals surface area (Å²) in [6, 6.07) is 89.8. The molecule has 0 spiro atoms. The molecule has 0 aliphatic heterocycles. The summed E-state index contributed by atoms with van der Waals surface area (Å²) in [6.45, 7) is 4.29. The van der Waals surface area contributed by atoms with Crippen LogP contribution in [0.4, 0.5) is 34.1 Å². The van der Waals surface area contributed by atoms with Gasteiger partial charge in [0.15, 0.2) is 0 Å². The Morgan fingerprint density at radius 3 is 1.26 bits per heavy atom. The van der Waals surface area contributed by atoms with Crippen molar-refractivity contribution in [2.45, 2.75) is 19.3 Å². The van der Waals surface area contributed by atoms with E-state index in [4.69, 9.17) is 0 Å². The van der Waals surface area contributed by atoms with Crippen LogP contribution in [0, 0.1) is 13.8 Å². The molecule has 2 heteroatoms. The second-order valence-electron chi connectivity index (χ2n) is 17.4. The SMILES string of the molecule is Cc1ccc(N(c2ccccc2)c2ccc3c4c(ccc3c2)-c2c(c3ccc(N(c5ccccc5)c5ccc(C)cc5)cc3c3ccccc23)C4(c2ccccc2)c2ccccc2)cc1. The molecule has 2 nitrogen and oxygen atoms in total. The first-order valence-corrected chi connectivity index (χ1v) is 22.6. The third-order valence-corrected chi connectivity index (χ3v) is 13.6. The van der Waals surface area contributed by atoms with Gasteiger partial charge in [-0.25, -0.2) is 0 Å². The fourth-order valence-corrected chi connectivity index (χ4v) is 10.7. The molecule has 0 atom stereocenters. The standard InChI is InChI=1S/C63H46N2/c1-43-27-32-50(33-28-43)64(48-21-11-5-12-22-48)52-36-39-54-45(41-52)31-38-58-60-56-26-16-15-25-55(56)59-42-53(65(49-23-13-6-14-24-49)51-34-29-44(2)30-35-51)37-40-57(59)62(60)63(61(54)58,46-17-7-3-8-18-46)47-19-9-4-10-20-47/h3-42H,1-2H3. The molecule has 1 aliphatic carbocycles. The lowest BCUT2D eigenvalue weighted by atomic mass is 9.65. The van der Waals surface area contributed by atoms with Crippen molar-refractivity contribution >= 4 is 66.4 Å². The lowest BCUT2D eigenvalue weighted by Crippen LogP contribution is -2.29. The Balaban J connectivity index is 1.17. The smallest absolute Gasteiger partial charge is 0.0725 e. The summed E-state index contributed by atoms with van der Waals surface area (Å²) in [5, 5.41) is 7.44. The molecule has 0 radical (unpaired) electrons. The Hall–Kier alpha value is -8.20. The van der Waals surface area contributed by atoms with Crippen LogP contribution in [0.1, 0.15) is 33.4 Å². The molecule has 0 saturated carbocycles. The van der Waals surface area contributed by atoms with Gasteiger partial charge >= 0.3 is 0 Å². The number of anilines is 6. The van der Waals surface area contributed by atoms with E-state index in [0.29, 0.717) is 0 Å². The Bertz CT molecular complexity index is 3490. The summed E-state index contributed by atoms with van der Waals surface area (Å²) in [5.74, 6) is 0. The minimum absolute atomic E-state index is 0.649. The highest BCUT2D eigenvalue weighted by Crippen LogP contribution is 2.62. The Kier molecular flexibility index (Phi) is 9.21. The number of hydrogen-bond donors (Lipinski definition) is 0. The number of hydrogen-bond acceptors (Lipinski definition) is 2. The first-order chi connectivity index (χ1) is 32.1. The van der Waals surface area contributed by atoms with E-state index in [1.807, 2.05) is 0 Å². The Morgan fingerprint density at radius 2 is 0.723 bits per heavy atom. The van der Waals surface area contributed by atoms with Crippen molar-refractivity contribution in [2.75, 3.05) is 9.80 Å². The van der Waals surface area contributed by atoms with Gasteiger partial charge < -0.3 is 9.80 Å². The predicted octanol–water partition coefficient (Wildman–Crippen LogP) is 17.1. The molecule has 12 rings (SSSR count). The van der Waals surface area contributed by atoms with E-state index in [9.17, 15) is 0 Å². The van der Waals surface area contributed by atoms with Crippen LogP contribution < -0.4 is 9.80 Å². The van der Waals surface area contributed by atoms with Crippen molar-refractivity contribution in [2.24, 2.45) is 0 Å². The molecule has 11 aromatic carbocycles. The Morgan fingerprint density at radius 1 is 0.292 bits per heavy atom. The number of nitrogens with zero attached hydrogens (tertiary/aromatic N) is 2. The molecular weight excluding hydrogens is 785 g/mol. The molecule has 0 N–H and O–H groups in total. The highest BCUT2D eigenvalue weighted by molar-refractivity contribution is 6.21. The molecule has 0 unspecified atom stereocenters. The van der Waals surface area contributed by atoms with Crippen LogP contribution in [-0.2, 0) is 5.41 Å². The Labute approximate surface area is 380 Å². The van der Waals surface area contributed by atoms with E-state index < -0.39 is 5.41 Å². The van der Waals surface area contributed by atoms with Crippen molar-refractivity contribution in [3.8, 4) is 11.1 Å². The molecule has 0 saturated heterocycles. The van der Waals surface area contributed by atoms with Crippen molar-refractivity contribution in [3.63, 3.8) is 0 Å². The largest absolute Gasteiger partial charge is 0.310 e. The van der Waals surface area contributed by atoms with Gasteiger partial charge in [-0.1, -0.05) is 181 Å². The lowest BCUT2D eigenvalue weighted by Gasteiger charge is -2.36. The quantitative estimate of drug-likeness (QED) is 0.141. The van der Waals surface area contributed by atoms with Gasteiger partial charge in [0.2, 0.25) is 0 Å².